The first-order valence-electron chi connectivity index (χ1n) is 12.4. The van der Waals surface area contributed by atoms with E-state index >= 15 is 0 Å². The topological polar surface area (TPSA) is 66.4 Å². The molecule has 31 heavy (non-hydrogen) atoms. The fourth-order valence-electron chi connectivity index (χ4n) is 5.62. The van der Waals surface area contributed by atoms with Gasteiger partial charge in [0.2, 0.25) is 11.8 Å². The summed E-state index contributed by atoms with van der Waals surface area (Å²) in [4.78, 5) is 39.2. The molecule has 170 valence electrons. The highest BCUT2D eigenvalue weighted by Gasteiger charge is 2.29. The highest BCUT2D eigenvalue weighted by Crippen LogP contribution is 2.30. The lowest BCUT2D eigenvalue weighted by molar-refractivity contribution is -0.133. The van der Waals surface area contributed by atoms with E-state index < -0.39 is 0 Å². The molecule has 1 atom stereocenters. The molecule has 1 aromatic rings. The summed E-state index contributed by atoms with van der Waals surface area (Å²) in [5, 5.41) is 0. The molecule has 1 aliphatic carbocycles. The number of nitrogens with zero attached hydrogens (tertiary/aromatic N) is 4. The lowest BCUT2D eigenvalue weighted by Crippen LogP contribution is -2.40. The summed E-state index contributed by atoms with van der Waals surface area (Å²) in [7, 11) is 0. The van der Waals surface area contributed by atoms with Crippen molar-refractivity contribution in [2.24, 2.45) is 5.92 Å². The molecule has 4 rings (SSSR count). The summed E-state index contributed by atoms with van der Waals surface area (Å²) >= 11 is 0. The van der Waals surface area contributed by atoms with E-state index in [-0.39, 0.29) is 11.8 Å². The van der Waals surface area contributed by atoms with E-state index in [1.807, 2.05) is 18.7 Å². The predicted octanol–water partition coefficient (Wildman–Crippen LogP) is 3.93. The van der Waals surface area contributed by atoms with Crippen LogP contribution in [-0.2, 0) is 16.0 Å². The Morgan fingerprint density at radius 2 is 1.45 bits per heavy atom. The quantitative estimate of drug-likeness (QED) is 0.715. The first-order chi connectivity index (χ1) is 15.0. The molecule has 1 saturated carbocycles. The van der Waals surface area contributed by atoms with Crippen molar-refractivity contribution >= 4 is 11.8 Å². The summed E-state index contributed by atoms with van der Waals surface area (Å²) in [5.74, 6) is 2.14. The zero-order valence-electron chi connectivity index (χ0n) is 19.4. The van der Waals surface area contributed by atoms with E-state index in [1.165, 1.54) is 32.1 Å². The molecule has 3 fully saturated rings. The average Bonchev–Trinajstić information content (AvgIpc) is 3.32. The molecule has 2 aliphatic heterocycles. The Balaban J connectivity index is 1.40. The average molecular weight is 427 g/mol. The number of carbonyl (C=O) groups is 2. The van der Waals surface area contributed by atoms with E-state index in [0.29, 0.717) is 24.7 Å². The second-order valence-corrected chi connectivity index (χ2v) is 9.88. The summed E-state index contributed by atoms with van der Waals surface area (Å²) in [6.07, 6.45) is 11.7. The molecule has 3 aliphatic rings. The van der Waals surface area contributed by atoms with Crippen molar-refractivity contribution in [1.29, 1.82) is 0 Å². The van der Waals surface area contributed by atoms with Gasteiger partial charge in [-0.25, -0.2) is 9.97 Å². The van der Waals surface area contributed by atoms with Gasteiger partial charge in [-0.15, -0.1) is 0 Å². The van der Waals surface area contributed by atoms with E-state index in [2.05, 4.69) is 4.90 Å². The smallest absolute Gasteiger partial charge is 0.227 e. The van der Waals surface area contributed by atoms with Gasteiger partial charge in [0.05, 0.1) is 6.42 Å². The second kappa shape index (κ2) is 10.1. The Morgan fingerprint density at radius 1 is 0.806 bits per heavy atom. The fraction of sp³-hybridized carbons (Fsp3) is 0.760. The van der Waals surface area contributed by atoms with Crippen LogP contribution in [0.5, 0.6) is 0 Å². The van der Waals surface area contributed by atoms with Gasteiger partial charge in [-0.2, -0.15) is 0 Å². The summed E-state index contributed by atoms with van der Waals surface area (Å²) in [6, 6.07) is 0. The van der Waals surface area contributed by atoms with E-state index in [4.69, 9.17) is 9.97 Å². The van der Waals surface area contributed by atoms with Crippen LogP contribution >= 0.6 is 0 Å². The molecule has 6 heteroatoms. The normalized spacial score (nSPS) is 22.7. The van der Waals surface area contributed by atoms with Crippen LogP contribution in [0.15, 0.2) is 0 Å². The predicted molar refractivity (Wildman–Crippen MR) is 121 cm³/mol. The molecule has 0 unspecified atom stereocenters. The number of amides is 2. The molecule has 0 N–H and O–H groups in total. The lowest BCUT2D eigenvalue weighted by atomic mass is 9.86. The van der Waals surface area contributed by atoms with Gasteiger partial charge >= 0.3 is 0 Å². The lowest BCUT2D eigenvalue weighted by Gasteiger charge is -2.34. The number of rotatable bonds is 5. The summed E-state index contributed by atoms with van der Waals surface area (Å²) < 4.78 is 0. The van der Waals surface area contributed by atoms with Crippen LogP contribution < -0.4 is 0 Å². The van der Waals surface area contributed by atoms with Gasteiger partial charge in [-0.1, -0.05) is 19.3 Å². The van der Waals surface area contributed by atoms with Crippen molar-refractivity contribution in [2.75, 3.05) is 26.2 Å². The molecular weight excluding hydrogens is 388 g/mol. The van der Waals surface area contributed by atoms with Gasteiger partial charge in [0, 0.05) is 55.5 Å². The third-order valence-electron chi connectivity index (χ3n) is 7.55. The Kier molecular flexibility index (Phi) is 7.24. The largest absolute Gasteiger partial charge is 0.342 e. The van der Waals surface area contributed by atoms with Crippen LogP contribution in [0.3, 0.4) is 0 Å². The molecule has 0 bridgehead atoms. The third kappa shape index (κ3) is 5.45. The van der Waals surface area contributed by atoms with Crippen LogP contribution in [0.2, 0.25) is 0 Å². The maximum Gasteiger partial charge on any atom is 0.227 e. The molecule has 2 amide bonds. The van der Waals surface area contributed by atoms with Crippen LogP contribution in [-0.4, -0.2) is 57.8 Å². The minimum absolute atomic E-state index is 0.192. The first-order valence-corrected chi connectivity index (χ1v) is 12.4. The van der Waals surface area contributed by atoms with E-state index in [0.717, 1.165) is 74.6 Å². The van der Waals surface area contributed by atoms with Gasteiger partial charge in [-0.05, 0) is 58.3 Å². The van der Waals surface area contributed by atoms with E-state index in [1.54, 1.807) is 0 Å². The van der Waals surface area contributed by atoms with Crippen molar-refractivity contribution in [1.82, 2.24) is 19.8 Å². The van der Waals surface area contributed by atoms with Crippen LogP contribution in [0.1, 0.15) is 92.9 Å². The molecular formula is C25H38N4O2. The first kappa shape index (κ1) is 22.2. The molecule has 0 radical (unpaired) electrons. The molecule has 1 aromatic heterocycles. The number of aromatic nitrogens is 2. The molecule has 6 nitrogen and oxygen atoms in total. The standard InChI is InChI=1S/C25H38N4O2/c1-18-22(16-24(31)28-12-6-7-13-28)19(2)27-25(26-18)21-11-8-14-29(17-21)23(30)15-20-9-4-3-5-10-20/h20-21H,3-17H2,1-2H3/t21-/m0/s1. The highest BCUT2D eigenvalue weighted by atomic mass is 16.2. The maximum absolute atomic E-state index is 12.9. The van der Waals surface area contributed by atoms with Crippen LogP contribution in [0.25, 0.3) is 0 Å². The van der Waals surface area contributed by atoms with Gasteiger partial charge in [-0.3, -0.25) is 9.59 Å². The zero-order chi connectivity index (χ0) is 21.8. The van der Waals surface area contributed by atoms with Crippen molar-refractivity contribution in [3.05, 3.63) is 22.8 Å². The Morgan fingerprint density at radius 3 is 2.13 bits per heavy atom. The third-order valence-corrected chi connectivity index (χ3v) is 7.55. The monoisotopic (exact) mass is 426 g/mol. The molecule has 0 aromatic carbocycles. The van der Waals surface area contributed by atoms with Crippen molar-refractivity contribution < 1.29 is 9.59 Å². The van der Waals surface area contributed by atoms with Gasteiger partial charge in [0.25, 0.3) is 0 Å². The minimum Gasteiger partial charge on any atom is -0.342 e. The number of hydrogen-bond acceptors (Lipinski definition) is 4. The number of aryl methyl sites for hydroxylation is 2. The van der Waals surface area contributed by atoms with Gasteiger partial charge in [0.15, 0.2) is 0 Å². The van der Waals surface area contributed by atoms with E-state index in [9.17, 15) is 9.59 Å². The van der Waals surface area contributed by atoms with Gasteiger partial charge < -0.3 is 9.80 Å². The fourth-order valence-corrected chi connectivity index (χ4v) is 5.62. The van der Waals surface area contributed by atoms with Crippen molar-refractivity contribution in [2.45, 2.75) is 90.4 Å². The zero-order valence-corrected chi connectivity index (χ0v) is 19.4. The Bertz CT molecular complexity index is 774. The van der Waals surface area contributed by atoms with Crippen LogP contribution in [0.4, 0.5) is 0 Å². The molecule has 3 heterocycles. The van der Waals surface area contributed by atoms with Crippen molar-refractivity contribution in [3.8, 4) is 0 Å². The molecule has 0 spiro atoms. The molecule has 2 saturated heterocycles. The number of hydrogen-bond donors (Lipinski definition) is 0. The van der Waals surface area contributed by atoms with Gasteiger partial charge in [0.1, 0.15) is 5.82 Å². The summed E-state index contributed by atoms with van der Waals surface area (Å²) in [5.41, 5.74) is 2.81. The second-order valence-electron chi connectivity index (χ2n) is 9.88. The number of carbonyl (C=O) groups excluding carboxylic acids is 2. The highest BCUT2D eigenvalue weighted by molar-refractivity contribution is 5.79. The van der Waals surface area contributed by atoms with Crippen LogP contribution in [0, 0.1) is 19.8 Å². The SMILES string of the molecule is Cc1nc([C@H]2CCCN(C(=O)CC3CCCCC3)C2)nc(C)c1CC(=O)N1CCCC1. The van der Waals surface area contributed by atoms with Crippen molar-refractivity contribution in [3.63, 3.8) is 0 Å². The number of piperidine rings is 1. The Labute approximate surface area is 186 Å². The number of likely N-dealkylation sites (tertiary alicyclic amines) is 2. The maximum atomic E-state index is 12.9. The minimum atomic E-state index is 0.192. The summed E-state index contributed by atoms with van der Waals surface area (Å²) in [6.45, 7) is 7.35. The Hall–Kier alpha value is -1.98.